The van der Waals surface area contributed by atoms with Crippen LogP contribution in [-0.2, 0) is 6.54 Å². The summed E-state index contributed by atoms with van der Waals surface area (Å²) >= 11 is 6.03. The van der Waals surface area contributed by atoms with Crippen LogP contribution in [0.4, 0.5) is 0 Å². The number of halogens is 1. The minimum Gasteiger partial charge on any atom is -0.315 e. The molecule has 0 heterocycles. The summed E-state index contributed by atoms with van der Waals surface area (Å²) in [6.45, 7) is 9.80. The number of nitrogens with zero attached hydrogens (tertiary/aromatic N) is 1. The predicted octanol–water partition coefficient (Wildman–Crippen LogP) is 3.80. The van der Waals surface area contributed by atoms with Crippen LogP contribution in [0.2, 0.25) is 5.02 Å². The van der Waals surface area contributed by atoms with Crippen molar-refractivity contribution in [3.8, 4) is 0 Å². The molecular weight excluding hydrogens is 256 g/mol. The highest BCUT2D eigenvalue weighted by atomic mass is 35.5. The van der Waals surface area contributed by atoms with Crippen LogP contribution in [0.3, 0.4) is 0 Å². The zero-order chi connectivity index (χ0) is 14.3. The highest BCUT2D eigenvalue weighted by molar-refractivity contribution is 6.30. The van der Waals surface area contributed by atoms with E-state index in [0.717, 1.165) is 31.1 Å². The third kappa shape index (κ3) is 6.42. The SMILES string of the molecule is CCC(CNCC(C)C)N(C)Cc1cccc(Cl)c1. The zero-order valence-corrected chi connectivity index (χ0v) is 13.4. The van der Waals surface area contributed by atoms with Crippen LogP contribution in [0.25, 0.3) is 0 Å². The van der Waals surface area contributed by atoms with E-state index in [1.165, 1.54) is 5.56 Å². The van der Waals surface area contributed by atoms with E-state index in [0.29, 0.717) is 12.0 Å². The maximum Gasteiger partial charge on any atom is 0.0409 e. The van der Waals surface area contributed by atoms with Gasteiger partial charge in [0.15, 0.2) is 0 Å². The Morgan fingerprint density at radius 3 is 2.58 bits per heavy atom. The van der Waals surface area contributed by atoms with Crippen molar-refractivity contribution in [3.05, 3.63) is 34.9 Å². The lowest BCUT2D eigenvalue weighted by atomic mass is 10.1. The molecular formula is C16H27ClN2. The number of benzene rings is 1. The quantitative estimate of drug-likeness (QED) is 0.780. The Kier molecular flexibility index (Phi) is 7.44. The van der Waals surface area contributed by atoms with Crippen LogP contribution in [0.5, 0.6) is 0 Å². The number of hydrogen-bond acceptors (Lipinski definition) is 2. The number of nitrogens with one attached hydrogen (secondary N) is 1. The molecule has 0 saturated carbocycles. The number of hydrogen-bond donors (Lipinski definition) is 1. The summed E-state index contributed by atoms with van der Waals surface area (Å²) in [5.74, 6) is 0.704. The van der Waals surface area contributed by atoms with Gasteiger partial charge in [0.25, 0.3) is 0 Å². The predicted molar refractivity (Wildman–Crippen MR) is 84.7 cm³/mol. The Morgan fingerprint density at radius 2 is 2.00 bits per heavy atom. The zero-order valence-electron chi connectivity index (χ0n) is 12.6. The first-order valence-corrected chi connectivity index (χ1v) is 7.56. The van der Waals surface area contributed by atoms with Crippen molar-refractivity contribution in [1.29, 1.82) is 0 Å². The van der Waals surface area contributed by atoms with Gasteiger partial charge in [-0.05, 0) is 43.6 Å². The first kappa shape index (κ1) is 16.5. The lowest BCUT2D eigenvalue weighted by Crippen LogP contribution is -2.40. The van der Waals surface area contributed by atoms with Crippen LogP contribution in [0.1, 0.15) is 32.8 Å². The summed E-state index contributed by atoms with van der Waals surface area (Å²) in [5.41, 5.74) is 1.28. The topological polar surface area (TPSA) is 15.3 Å². The monoisotopic (exact) mass is 282 g/mol. The number of rotatable bonds is 8. The average molecular weight is 283 g/mol. The Balaban J connectivity index is 2.46. The minimum absolute atomic E-state index is 0.567. The fourth-order valence-corrected chi connectivity index (χ4v) is 2.42. The maximum absolute atomic E-state index is 6.03. The Morgan fingerprint density at radius 1 is 1.26 bits per heavy atom. The smallest absolute Gasteiger partial charge is 0.0409 e. The molecule has 0 aliphatic carbocycles. The van der Waals surface area contributed by atoms with E-state index < -0.39 is 0 Å². The van der Waals surface area contributed by atoms with Crippen molar-refractivity contribution >= 4 is 11.6 Å². The summed E-state index contributed by atoms with van der Waals surface area (Å²) in [5, 5.41) is 4.36. The lowest BCUT2D eigenvalue weighted by Gasteiger charge is -2.28. The van der Waals surface area contributed by atoms with E-state index >= 15 is 0 Å². The molecule has 0 aliphatic heterocycles. The molecule has 1 unspecified atom stereocenters. The highest BCUT2D eigenvalue weighted by Gasteiger charge is 2.12. The maximum atomic E-state index is 6.03. The summed E-state index contributed by atoms with van der Waals surface area (Å²) in [4.78, 5) is 2.40. The summed E-state index contributed by atoms with van der Waals surface area (Å²) in [7, 11) is 2.19. The molecule has 2 nitrogen and oxygen atoms in total. The van der Waals surface area contributed by atoms with Gasteiger partial charge >= 0.3 is 0 Å². The van der Waals surface area contributed by atoms with E-state index in [2.05, 4.69) is 44.1 Å². The van der Waals surface area contributed by atoms with Gasteiger partial charge in [0, 0.05) is 24.2 Å². The second-order valence-electron chi connectivity index (χ2n) is 5.66. The van der Waals surface area contributed by atoms with Crippen molar-refractivity contribution in [2.24, 2.45) is 5.92 Å². The third-order valence-corrected chi connectivity index (χ3v) is 3.58. The Labute approximate surface area is 123 Å². The van der Waals surface area contributed by atoms with Gasteiger partial charge in [-0.2, -0.15) is 0 Å². The first-order valence-electron chi connectivity index (χ1n) is 7.18. The normalized spacial score (nSPS) is 13.2. The van der Waals surface area contributed by atoms with Crippen molar-refractivity contribution in [2.75, 3.05) is 20.1 Å². The van der Waals surface area contributed by atoms with Crippen LogP contribution in [-0.4, -0.2) is 31.1 Å². The van der Waals surface area contributed by atoms with Crippen molar-refractivity contribution < 1.29 is 0 Å². The molecule has 1 atom stereocenters. The molecule has 0 bridgehead atoms. The van der Waals surface area contributed by atoms with Crippen molar-refractivity contribution in [3.63, 3.8) is 0 Å². The van der Waals surface area contributed by atoms with Gasteiger partial charge in [-0.25, -0.2) is 0 Å². The van der Waals surface area contributed by atoms with Gasteiger partial charge in [0.05, 0.1) is 0 Å². The van der Waals surface area contributed by atoms with Gasteiger partial charge in [-0.15, -0.1) is 0 Å². The first-order chi connectivity index (χ1) is 9.02. The largest absolute Gasteiger partial charge is 0.315 e. The molecule has 0 spiro atoms. The van der Waals surface area contributed by atoms with Crippen LogP contribution >= 0.6 is 11.6 Å². The summed E-state index contributed by atoms with van der Waals surface area (Å²) in [6, 6.07) is 8.69. The van der Waals surface area contributed by atoms with Crippen LogP contribution < -0.4 is 5.32 Å². The van der Waals surface area contributed by atoms with E-state index in [1.807, 2.05) is 18.2 Å². The van der Waals surface area contributed by atoms with Gasteiger partial charge in [0.2, 0.25) is 0 Å². The summed E-state index contributed by atoms with van der Waals surface area (Å²) in [6.07, 6.45) is 1.15. The average Bonchev–Trinajstić information content (AvgIpc) is 2.34. The summed E-state index contributed by atoms with van der Waals surface area (Å²) < 4.78 is 0. The second-order valence-corrected chi connectivity index (χ2v) is 6.10. The molecule has 1 N–H and O–H groups in total. The molecule has 1 rings (SSSR count). The molecule has 0 saturated heterocycles. The van der Waals surface area contributed by atoms with E-state index in [-0.39, 0.29) is 0 Å². The van der Waals surface area contributed by atoms with E-state index in [4.69, 9.17) is 11.6 Å². The second kappa shape index (κ2) is 8.57. The molecule has 0 aliphatic rings. The Hall–Kier alpha value is -0.570. The molecule has 1 aromatic carbocycles. The molecule has 0 amide bonds. The molecule has 0 radical (unpaired) electrons. The van der Waals surface area contributed by atoms with Gasteiger partial charge in [0.1, 0.15) is 0 Å². The fraction of sp³-hybridized carbons (Fsp3) is 0.625. The van der Waals surface area contributed by atoms with Crippen molar-refractivity contribution in [1.82, 2.24) is 10.2 Å². The minimum atomic E-state index is 0.567. The van der Waals surface area contributed by atoms with E-state index in [1.54, 1.807) is 0 Å². The van der Waals surface area contributed by atoms with Crippen molar-refractivity contribution in [2.45, 2.75) is 39.8 Å². The molecule has 1 aromatic rings. The van der Waals surface area contributed by atoms with Crippen LogP contribution in [0.15, 0.2) is 24.3 Å². The highest BCUT2D eigenvalue weighted by Crippen LogP contribution is 2.14. The van der Waals surface area contributed by atoms with Crippen LogP contribution in [0, 0.1) is 5.92 Å². The fourth-order valence-electron chi connectivity index (χ4n) is 2.20. The van der Waals surface area contributed by atoms with E-state index in [9.17, 15) is 0 Å². The molecule has 0 aromatic heterocycles. The van der Waals surface area contributed by atoms with Gasteiger partial charge < -0.3 is 5.32 Å². The number of likely N-dealkylation sites (N-methyl/N-ethyl adjacent to an activating group) is 1. The van der Waals surface area contributed by atoms with Gasteiger partial charge in [-0.1, -0.05) is 44.5 Å². The molecule has 19 heavy (non-hydrogen) atoms. The molecule has 108 valence electrons. The third-order valence-electron chi connectivity index (χ3n) is 3.35. The standard InChI is InChI=1S/C16H27ClN2/c1-5-16(11-18-10-13(2)3)19(4)12-14-7-6-8-15(17)9-14/h6-9,13,16,18H,5,10-12H2,1-4H3. The molecule has 3 heteroatoms. The Bertz CT molecular complexity index is 366. The van der Waals surface area contributed by atoms with Gasteiger partial charge in [-0.3, -0.25) is 4.90 Å². The molecule has 0 fully saturated rings. The lowest BCUT2D eigenvalue weighted by molar-refractivity contribution is 0.220.